The highest BCUT2D eigenvalue weighted by Gasteiger charge is 2.48. The van der Waals surface area contributed by atoms with E-state index in [9.17, 15) is 29.4 Å². The van der Waals surface area contributed by atoms with E-state index in [2.05, 4.69) is 0 Å². The molecule has 11 nitrogen and oxygen atoms in total. The average molecular weight is 567 g/mol. The van der Waals surface area contributed by atoms with Crippen molar-refractivity contribution in [1.29, 1.82) is 0 Å². The fourth-order valence-electron chi connectivity index (χ4n) is 4.61. The Morgan fingerprint density at radius 1 is 1.00 bits per heavy atom. The summed E-state index contributed by atoms with van der Waals surface area (Å²) in [6, 6.07) is 14.1. The van der Waals surface area contributed by atoms with E-state index >= 15 is 0 Å². The minimum absolute atomic E-state index is 0.0185. The third-order valence-electron chi connectivity index (χ3n) is 6.53. The Labute approximate surface area is 237 Å². The molecular formula is C30H34N2O9. The molecule has 5 N–H and O–H groups in total. The molecule has 0 aliphatic heterocycles. The minimum Gasteiger partial charge on any atom is -0.481 e. The molecule has 0 heterocycles. The molecule has 1 aliphatic rings. The summed E-state index contributed by atoms with van der Waals surface area (Å²) >= 11 is 0. The number of hydrogen-bond acceptors (Lipinski definition) is 8. The van der Waals surface area contributed by atoms with E-state index in [1.807, 2.05) is 0 Å². The standard InChI is InChI=1S/C30H34N2O9/c1-29(39,18-21-11-5-2-6-12-21)25(26(35)36)32(28(38)40-19-22-13-7-3-8-14-22)20-30(15-9-4-10-16-30)41-27(37)23(31)17-24(33)34/h2-15,23,25,39H,16-20,31H2,1H3,(H,33,34)(H,35,36)/t23-,25-,29+,30?/m0/s1. The highest BCUT2D eigenvalue weighted by Crippen LogP contribution is 2.30. The van der Waals surface area contributed by atoms with Crippen molar-refractivity contribution in [1.82, 2.24) is 4.90 Å². The van der Waals surface area contributed by atoms with Crippen molar-refractivity contribution in [2.75, 3.05) is 6.54 Å². The lowest BCUT2D eigenvalue weighted by atomic mass is 9.86. The number of allylic oxidation sites excluding steroid dienone is 2. The summed E-state index contributed by atoms with van der Waals surface area (Å²) in [5.74, 6) is -3.87. The van der Waals surface area contributed by atoms with Crippen molar-refractivity contribution in [3.05, 3.63) is 96.1 Å². The van der Waals surface area contributed by atoms with Gasteiger partial charge in [0, 0.05) is 12.8 Å². The number of nitrogens with two attached hydrogens (primary N) is 1. The number of amides is 1. The number of aliphatic hydroxyl groups is 1. The maximum Gasteiger partial charge on any atom is 0.411 e. The fraction of sp³-hybridized carbons (Fsp3) is 0.333. The van der Waals surface area contributed by atoms with Gasteiger partial charge in [-0.2, -0.15) is 0 Å². The second-order valence-electron chi connectivity index (χ2n) is 10.1. The molecule has 2 aromatic rings. The number of carbonyl (C=O) groups is 4. The van der Waals surface area contributed by atoms with Crippen LogP contribution >= 0.6 is 0 Å². The number of nitrogens with zero attached hydrogens (tertiary/aromatic N) is 1. The van der Waals surface area contributed by atoms with Crippen LogP contribution in [0.4, 0.5) is 4.79 Å². The van der Waals surface area contributed by atoms with Gasteiger partial charge in [0.2, 0.25) is 0 Å². The van der Waals surface area contributed by atoms with Crippen molar-refractivity contribution in [2.45, 2.75) is 56.1 Å². The zero-order valence-corrected chi connectivity index (χ0v) is 22.6. The van der Waals surface area contributed by atoms with Gasteiger partial charge in [0.15, 0.2) is 11.6 Å². The Bertz CT molecular complexity index is 1280. The number of carboxylic acids is 2. The van der Waals surface area contributed by atoms with Gasteiger partial charge in [0.25, 0.3) is 0 Å². The van der Waals surface area contributed by atoms with Crippen molar-refractivity contribution in [3.8, 4) is 0 Å². The first kappa shape index (κ1) is 31.1. The van der Waals surface area contributed by atoms with Crippen LogP contribution in [0.1, 0.15) is 30.9 Å². The maximum atomic E-state index is 13.6. The Morgan fingerprint density at radius 2 is 1.61 bits per heavy atom. The molecular weight excluding hydrogens is 532 g/mol. The summed E-state index contributed by atoms with van der Waals surface area (Å²) in [5.41, 5.74) is 3.37. The topological polar surface area (TPSA) is 177 Å². The van der Waals surface area contributed by atoms with Gasteiger partial charge in [-0.1, -0.05) is 78.9 Å². The zero-order chi connectivity index (χ0) is 30.0. The van der Waals surface area contributed by atoms with Crippen molar-refractivity contribution < 1.29 is 44.0 Å². The smallest absolute Gasteiger partial charge is 0.411 e. The molecule has 11 heteroatoms. The normalized spacial score (nSPS) is 18.9. The first-order chi connectivity index (χ1) is 19.4. The third kappa shape index (κ3) is 8.75. The minimum atomic E-state index is -2.00. The van der Waals surface area contributed by atoms with Crippen molar-refractivity contribution >= 4 is 24.0 Å². The predicted octanol–water partition coefficient (Wildman–Crippen LogP) is 2.67. The van der Waals surface area contributed by atoms with Crippen LogP contribution in [0.5, 0.6) is 0 Å². The molecule has 4 atom stereocenters. The first-order valence-electron chi connectivity index (χ1n) is 12.9. The van der Waals surface area contributed by atoms with E-state index < -0.39 is 60.3 Å². The molecule has 1 unspecified atom stereocenters. The second kappa shape index (κ2) is 13.7. The van der Waals surface area contributed by atoms with Crippen LogP contribution in [0, 0.1) is 0 Å². The lowest BCUT2D eigenvalue weighted by Crippen LogP contribution is -2.62. The zero-order valence-electron chi connectivity index (χ0n) is 22.6. The second-order valence-corrected chi connectivity index (χ2v) is 10.1. The molecule has 0 fully saturated rings. The molecule has 1 amide bonds. The van der Waals surface area contributed by atoms with Crippen LogP contribution < -0.4 is 5.73 Å². The fourth-order valence-corrected chi connectivity index (χ4v) is 4.61. The molecule has 0 saturated carbocycles. The van der Waals surface area contributed by atoms with Crippen molar-refractivity contribution in [3.63, 3.8) is 0 Å². The van der Waals surface area contributed by atoms with Gasteiger partial charge >= 0.3 is 24.0 Å². The SMILES string of the molecule is C[C@@](O)(Cc1ccccc1)[C@H](C(=O)O)N(CC1(OC(=O)[C@@H](N)CC(=O)O)C=CC=CC1)C(=O)OCc1ccccc1. The van der Waals surface area contributed by atoms with Gasteiger partial charge in [0.1, 0.15) is 12.6 Å². The Kier molecular flexibility index (Phi) is 10.4. The number of rotatable bonds is 13. The molecule has 0 saturated heterocycles. The quantitative estimate of drug-likeness (QED) is 0.264. The van der Waals surface area contributed by atoms with Crippen LogP contribution in [0.2, 0.25) is 0 Å². The predicted molar refractivity (Wildman–Crippen MR) is 147 cm³/mol. The van der Waals surface area contributed by atoms with E-state index in [4.69, 9.17) is 20.3 Å². The van der Waals surface area contributed by atoms with Crippen molar-refractivity contribution in [2.24, 2.45) is 5.73 Å². The number of carbonyl (C=O) groups excluding carboxylic acids is 2. The number of carboxylic acid groups (broad SMARTS) is 2. The number of aliphatic carboxylic acids is 2. The summed E-state index contributed by atoms with van der Waals surface area (Å²) in [7, 11) is 0. The highest BCUT2D eigenvalue weighted by molar-refractivity contribution is 5.83. The highest BCUT2D eigenvalue weighted by atomic mass is 16.6. The molecule has 41 heavy (non-hydrogen) atoms. The molecule has 0 bridgehead atoms. The van der Waals surface area contributed by atoms with Gasteiger partial charge in [-0.3, -0.25) is 14.5 Å². The molecule has 0 spiro atoms. The average Bonchev–Trinajstić information content (AvgIpc) is 2.92. The van der Waals surface area contributed by atoms with E-state index in [0.717, 1.165) is 4.90 Å². The molecule has 0 aromatic heterocycles. The number of benzene rings is 2. The van der Waals surface area contributed by atoms with Crippen LogP contribution in [0.15, 0.2) is 85.0 Å². The van der Waals surface area contributed by atoms with Gasteiger partial charge in [0.05, 0.1) is 18.6 Å². The monoisotopic (exact) mass is 566 g/mol. The molecule has 0 radical (unpaired) electrons. The molecule has 3 rings (SSSR count). The lowest BCUT2D eigenvalue weighted by molar-refractivity contribution is -0.164. The van der Waals surface area contributed by atoms with Gasteiger partial charge in [-0.25, -0.2) is 9.59 Å². The molecule has 218 valence electrons. The summed E-state index contributed by atoms with van der Waals surface area (Å²) in [4.78, 5) is 51.0. The van der Waals surface area contributed by atoms with E-state index in [0.29, 0.717) is 11.1 Å². The molecule has 2 aromatic carbocycles. The summed E-state index contributed by atoms with van der Waals surface area (Å²) in [6.45, 7) is 0.582. The first-order valence-corrected chi connectivity index (χ1v) is 12.9. The Hall–Kier alpha value is -4.48. The summed E-state index contributed by atoms with van der Waals surface area (Å²) in [6.07, 6.45) is 4.45. The van der Waals surface area contributed by atoms with Crippen LogP contribution in [-0.2, 0) is 36.9 Å². The van der Waals surface area contributed by atoms with E-state index in [-0.39, 0.29) is 19.4 Å². The third-order valence-corrected chi connectivity index (χ3v) is 6.53. The van der Waals surface area contributed by atoms with E-state index in [1.165, 1.54) is 13.0 Å². The van der Waals surface area contributed by atoms with Crippen LogP contribution in [0.3, 0.4) is 0 Å². The van der Waals surface area contributed by atoms with Gasteiger partial charge in [-0.05, 0) is 24.1 Å². The Morgan fingerprint density at radius 3 is 2.15 bits per heavy atom. The van der Waals surface area contributed by atoms with E-state index in [1.54, 1.807) is 78.9 Å². The number of hydrogen-bond donors (Lipinski definition) is 4. The van der Waals surface area contributed by atoms with Gasteiger partial charge in [-0.15, -0.1) is 0 Å². The van der Waals surface area contributed by atoms with Gasteiger partial charge < -0.3 is 30.5 Å². The maximum absolute atomic E-state index is 13.6. The summed E-state index contributed by atoms with van der Waals surface area (Å²) in [5, 5.41) is 30.9. The van der Waals surface area contributed by atoms with Crippen LogP contribution in [0.25, 0.3) is 0 Å². The largest absolute Gasteiger partial charge is 0.481 e. The number of esters is 1. The molecule has 1 aliphatic carbocycles. The van der Waals surface area contributed by atoms with Crippen LogP contribution in [-0.4, -0.2) is 74.1 Å². The summed E-state index contributed by atoms with van der Waals surface area (Å²) < 4.78 is 11.1. The lowest BCUT2D eigenvalue weighted by Gasteiger charge is -2.42. The number of ether oxygens (including phenoxy) is 2. The Balaban J connectivity index is 1.99.